The molecule has 0 radical (unpaired) electrons. The molecule has 0 bridgehead atoms. The van der Waals surface area contributed by atoms with Gasteiger partial charge in [0, 0.05) is 10.9 Å². The standard InChI is InChI=1S/C17H21NO7S2/c1-11-3-4-12(17(21)24-2)7-14(11)18-15(19)8-25-16(20)9-26-13-5-6-27(22,23)10-13/h3-4,7,13H,5-6,8-10H2,1-2H3,(H,18,19)/t13-/m0/s1. The van der Waals surface area contributed by atoms with Crippen molar-refractivity contribution in [1.82, 2.24) is 0 Å². The number of benzene rings is 1. The van der Waals surface area contributed by atoms with E-state index in [9.17, 15) is 22.8 Å². The number of amides is 1. The van der Waals surface area contributed by atoms with Gasteiger partial charge in [0.1, 0.15) is 0 Å². The molecular formula is C17H21NO7S2. The summed E-state index contributed by atoms with van der Waals surface area (Å²) in [6, 6.07) is 4.73. The molecule has 1 aliphatic heterocycles. The zero-order chi connectivity index (χ0) is 20.0. The molecule has 1 N–H and O–H groups in total. The zero-order valence-corrected chi connectivity index (χ0v) is 16.7. The van der Waals surface area contributed by atoms with Gasteiger partial charge in [0.15, 0.2) is 16.4 Å². The monoisotopic (exact) mass is 415 g/mol. The summed E-state index contributed by atoms with van der Waals surface area (Å²) in [6.45, 7) is 1.29. The molecular weight excluding hydrogens is 394 g/mol. The van der Waals surface area contributed by atoms with Crippen molar-refractivity contribution in [1.29, 1.82) is 0 Å². The number of carbonyl (C=O) groups excluding carboxylic acids is 3. The molecule has 1 aromatic rings. The van der Waals surface area contributed by atoms with Crippen LogP contribution in [0, 0.1) is 6.92 Å². The zero-order valence-electron chi connectivity index (χ0n) is 15.0. The fraction of sp³-hybridized carbons (Fsp3) is 0.471. The second kappa shape index (κ2) is 9.23. The maximum atomic E-state index is 12.0. The predicted molar refractivity (Wildman–Crippen MR) is 102 cm³/mol. The van der Waals surface area contributed by atoms with Gasteiger partial charge < -0.3 is 14.8 Å². The number of hydrogen-bond donors (Lipinski definition) is 1. The van der Waals surface area contributed by atoms with Crippen LogP contribution in [-0.2, 0) is 28.9 Å². The molecule has 0 unspecified atom stereocenters. The Morgan fingerprint density at radius 3 is 2.67 bits per heavy atom. The molecule has 8 nitrogen and oxygen atoms in total. The number of esters is 2. The Balaban J connectivity index is 1.79. The van der Waals surface area contributed by atoms with E-state index >= 15 is 0 Å². The van der Waals surface area contributed by atoms with Gasteiger partial charge in [-0.15, -0.1) is 11.8 Å². The minimum absolute atomic E-state index is 0.00960. The van der Waals surface area contributed by atoms with Gasteiger partial charge in [-0.05, 0) is 31.0 Å². The molecule has 1 aliphatic rings. The Bertz CT molecular complexity index is 836. The van der Waals surface area contributed by atoms with Crippen LogP contribution in [0.1, 0.15) is 22.3 Å². The van der Waals surface area contributed by atoms with E-state index < -0.39 is 34.3 Å². The molecule has 27 heavy (non-hydrogen) atoms. The lowest BCUT2D eigenvalue weighted by molar-refractivity contribution is -0.144. The van der Waals surface area contributed by atoms with Gasteiger partial charge >= 0.3 is 11.9 Å². The minimum atomic E-state index is -2.99. The van der Waals surface area contributed by atoms with E-state index in [1.54, 1.807) is 19.1 Å². The average Bonchev–Trinajstić information content (AvgIpc) is 2.98. The summed E-state index contributed by atoms with van der Waals surface area (Å²) in [7, 11) is -1.73. The largest absolute Gasteiger partial charge is 0.465 e. The van der Waals surface area contributed by atoms with Crippen LogP contribution < -0.4 is 5.32 Å². The number of anilines is 1. The van der Waals surface area contributed by atoms with Crippen molar-refractivity contribution in [2.24, 2.45) is 0 Å². The Kier molecular flexibility index (Phi) is 7.25. The Hall–Kier alpha value is -2.07. The van der Waals surface area contributed by atoms with Gasteiger partial charge in [-0.3, -0.25) is 9.59 Å². The van der Waals surface area contributed by atoms with Crippen molar-refractivity contribution in [2.45, 2.75) is 18.6 Å². The topological polar surface area (TPSA) is 116 Å². The lowest BCUT2D eigenvalue weighted by Gasteiger charge is -2.11. The molecule has 1 aromatic carbocycles. The molecule has 0 spiro atoms. The van der Waals surface area contributed by atoms with Gasteiger partial charge in [0.2, 0.25) is 0 Å². The quantitative estimate of drug-likeness (QED) is 0.660. The first-order chi connectivity index (χ1) is 12.7. The van der Waals surface area contributed by atoms with Crippen LogP contribution >= 0.6 is 11.8 Å². The second-order valence-corrected chi connectivity index (χ2v) is 9.58. The van der Waals surface area contributed by atoms with E-state index in [0.717, 1.165) is 5.56 Å². The fourth-order valence-corrected chi connectivity index (χ4v) is 5.89. The smallest absolute Gasteiger partial charge is 0.337 e. The molecule has 0 aliphatic carbocycles. The summed E-state index contributed by atoms with van der Waals surface area (Å²) in [5, 5.41) is 2.47. The van der Waals surface area contributed by atoms with Gasteiger partial charge in [0.25, 0.3) is 5.91 Å². The van der Waals surface area contributed by atoms with Crippen LogP contribution in [0.4, 0.5) is 5.69 Å². The molecule has 1 saturated heterocycles. The second-order valence-electron chi connectivity index (χ2n) is 6.07. The van der Waals surface area contributed by atoms with Crippen molar-refractivity contribution in [3.63, 3.8) is 0 Å². The number of rotatable bonds is 7. The third-order valence-corrected chi connectivity index (χ3v) is 7.18. The number of sulfone groups is 1. The number of thioether (sulfide) groups is 1. The summed E-state index contributed by atoms with van der Waals surface area (Å²) in [5.74, 6) is -1.44. The first kappa shape index (κ1) is 21.2. The van der Waals surface area contributed by atoms with Crippen LogP contribution in [-0.4, -0.2) is 62.5 Å². The SMILES string of the molecule is COC(=O)c1ccc(C)c(NC(=O)COC(=O)CS[C@H]2CCS(=O)(=O)C2)c1. The van der Waals surface area contributed by atoms with Crippen LogP contribution in [0.5, 0.6) is 0 Å². The normalized spacial score (nSPS) is 17.9. The first-order valence-corrected chi connectivity index (χ1v) is 11.0. The average molecular weight is 415 g/mol. The Morgan fingerprint density at radius 2 is 2.04 bits per heavy atom. The fourth-order valence-electron chi connectivity index (χ4n) is 2.45. The number of hydrogen-bond acceptors (Lipinski definition) is 8. The van der Waals surface area contributed by atoms with E-state index in [1.807, 2.05) is 0 Å². The molecule has 10 heteroatoms. The van der Waals surface area contributed by atoms with Crippen LogP contribution in [0.25, 0.3) is 0 Å². The van der Waals surface area contributed by atoms with E-state index in [1.165, 1.54) is 24.9 Å². The Labute approximate surface area is 161 Å². The molecule has 0 saturated carbocycles. The maximum absolute atomic E-state index is 12.0. The minimum Gasteiger partial charge on any atom is -0.465 e. The van der Waals surface area contributed by atoms with Crippen LogP contribution in [0.2, 0.25) is 0 Å². The molecule has 1 fully saturated rings. The predicted octanol–water partition coefficient (Wildman–Crippen LogP) is 1.18. The van der Waals surface area contributed by atoms with Crippen molar-refractivity contribution in [3.8, 4) is 0 Å². The van der Waals surface area contributed by atoms with Crippen LogP contribution in [0.15, 0.2) is 18.2 Å². The van der Waals surface area contributed by atoms with Crippen LogP contribution in [0.3, 0.4) is 0 Å². The molecule has 1 heterocycles. The molecule has 1 amide bonds. The van der Waals surface area contributed by atoms with E-state index in [4.69, 9.17) is 4.74 Å². The van der Waals surface area contributed by atoms with Crippen molar-refractivity contribution in [3.05, 3.63) is 29.3 Å². The first-order valence-electron chi connectivity index (χ1n) is 8.16. The van der Waals surface area contributed by atoms with E-state index in [2.05, 4.69) is 10.1 Å². The van der Waals surface area contributed by atoms with Gasteiger partial charge in [0.05, 0.1) is 29.9 Å². The Morgan fingerprint density at radius 1 is 1.30 bits per heavy atom. The summed E-state index contributed by atoms with van der Waals surface area (Å²) < 4.78 is 32.3. The molecule has 2 rings (SSSR count). The number of methoxy groups -OCH3 is 1. The summed E-state index contributed by atoms with van der Waals surface area (Å²) in [6.07, 6.45) is 0.524. The van der Waals surface area contributed by atoms with Gasteiger partial charge in [-0.2, -0.15) is 0 Å². The van der Waals surface area contributed by atoms with Crippen molar-refractivity contribution < 1.29 is 32.3 Å². The lowest BCUT2D eigenvalue weighted by Crippen LogP contribution is -2.22. The highest BCUT2D eigenvalue weighted by molar-refractivity contribution is 8.02. The lowest BCUT2D eigenvalue weighted by atomic mass is 10.1. The number of aryl methyl sites for hydroxylation is 1. The molecule has 1 atom stereocenters. The summed E-state index contributed by atoms with van der Waals surface area (Å²) >= 11 is 1.22. The number of nitrogens with one attached hydrogen (secondary N) is 1. The summed E-state index contributed by atoms with van der Waals surface area (Å²) in [5.41, 5.74) is 1.45. The molecule has 148 valence electrons. The highest BCUT2D eigenvalue weighted by atomic mass is 32.2. The van der Waals surface area contributed by atoms with E-state index in [-0.39, 0.29) is 22.5 Å². The third kappa shape index (κ3) is 6.55. The number of carbonyl (C=O) groups is 3. The van der Waals surface area contributed by atoms with E-state index in [0.29, 0.717) is 17.7 Å². The summed E-state index contributed by atoms with van der Waals surface area (Å²) in [4.78, 5) is 35.3. The third-order valence-electron chi connectivity index (χ3n) is 3.92. The molecule has 0 aromatic heterocycles. The highest BCUT2D eigenvalue weighted by Crippen LogP contribution is 2.24. The van der Waals surface area contributed by atoms with Crippen molar-refractivity contribution in [2.75, 3.05) is 36.3 Å². The van der Waals surface area contributed by atoms with Gasteiger partial charge in [-0.1, -0.05) is 6.07 Å². The van der Waals surface area contributed by atoms with Gasteiger partial charge in [-0.25, -0.2) is 13.2 Å². The maximum Gasteiger partial charge on any atom is 0.337 e. The van der Waals surface area contributed by atoms with Crippen molar-refractivity contribution >= 4 is 45.1 Å². The number of ether oxygens (including phenoxy) is 2. The highest BCUT2D eigenvalue weighted by Gasteiger charge is 2.28.